The average molecular weight is 1040 g/mol. The van der Waals surface area contributed by atoms with Crippen LogP contribution < -0.4 is 36.2 Å². The van der Waals surface area contributed by atoms with E-state index in [9.17, 15) is 18.5 Å². The van der Waals surface area contributed by atoms with E-state index in [1.807, 2.05) is 78.7 Å². The summed E-state index contributed by atoms with van der Waals surface area (Å²) in [6, 6.07) is 25.1. The Morgan fingerprint density at radius 1 is 0.824 bits per heavy atom. The van der Waals surface area contributed by atoms with Gasteiger partial charge in [0, 0.05) is 79.2 Å². The molecule has 4 aliphatic heterocycles. The van der Waals surface area contributed by atoms with Crippen molar-refractivity contribution in [3.05, 3.63) is 114 Å². The van der Waals surface area contributed by atoms with Crippen LogP contribution in [0.15, 0.2) is 97.5 Å². The highest BCUT2D eigenvalue weighted by atomic mass is 35.5. The van der Waals surface area contributed by atoms with Crippen molar-refractivity contribution >= 4 is 70.4 Å². The van der Waals surface area contributed by atoms with Crippen LogP contribution in [0, 0.1) is 11.7 Å². The molecule has 0 bridgehead atoms. The third-order valence-electron chi connectivity index (χ3n) is 15.3. The van der Waals surface area contributed by atoms with Crippen molar-refractivity contribution in [1.82, 2.24) is 34.9 Å². The summed E-state index contributed by atoms with van der Waals surface area (Å²) in [5, 5.41) is 17.9. The predicted octanol–water partition coefficient (Wildman–Crippen LogP) is 9.86. The van der Waals surface area contributed by atoms with E-state index >= 15 is 0 Å². The number of hydrogen-bond donors (Lipinski definition) is 4. The van der Waals surface area contributed by atoms with E-state index in [4.69, 9.17) is 21.3 Å². The standard InChI is InChI=1S/C56H66ClFN11O4P/c1-66-35-41(32-60-66)45-30-49(63-56-59-33-46(57)54(65-56)62-47-11-10-39(28-52(47)74(3,4)72)37-8-6-5-7-9-37)51(73-2)31-50(45)69-24-18-44(19-25-69)68-22-14-36(15-23-68)34-67-20-16-38(17-21-67)40-26-42(58)29-43(27-40)61-48-12-13-53(70)64-55(48)71/h5-11,26-33,35-36,38,44,48,61H,12-25,34H2,1-4H3,(H,64,70,71)(H2,59,62,63,65). The molecule has 0 saturated carbocycles. The second-order valence-corrected chi connectivity index (χ2v) is 24.3. The van der Waals surface area contributed by atoms with Crippen LogP contribution in [0.25, 0.3) is 22.3 Å². The molecule has 0 radical (unpaired) electrons. The maximum Gasteiger partial charge on any atom is 0.249 e. The fraction of sp³-hybridized carbons (Fsp3) is 0.411. The summed E-state index contributed by atoms with van der Waals surface area (Å²) in [4.78, 5) is 41.1. The molecule has 4 saturated heterocycles. The zero-order valence-corrected chi connectivity index (χ0v) is 44.3. The quantitative estimate of drug-likeness (QED) is 0.0569. The Kier molecular flexibility index (Phi) is 15.4. The van der Waals surface area contributed by atoms with Crippen molar-refractivity contribution in [2.45, 2.75) is 69.4 Å². The van der Waals surface area contributed by atoms with E-state index < -0.39 is 13.2 Å². The zero-order chi connectivity index (χ0) is 51.5. The molecule has 18 heteroatoms. The number of carbonyl (C=O) groups is 2. The Hall–Kier alpha value is -6.32. The van der Waals surface area contributed by atoms with Gasteiger partial charge in [-0.1, -0.05) is 48.0 Å². The molecular weight excluding hydrogens is 976 g/mol. The first-order chi connectivity index (χ1) is 35.7. The summed E-state index contributed by atoms with van der Waals surface area (Å²) < 4.78 is 36.3. The molecule has 0 aliphatic carbocycles. The second kappa shape index (κ2) is 22.3. The second-order valence-electron chi connectivity index (χ2n) is 20.8. The highest BCUT2D eigenvalue weighted by Gasteiger charge is 2.32. The Morgan fingerprint density at radius 3 is 2.30 bits per heavy atom. The van der Waals surface area contributed by atoms with Crippen molar-refractivity contribution in [3.63, 3.8) is 0 Å². The summed E-state index contributed by atoms with van der Waals surface area (Å²) in [6.07, 6.45) is 12.6. The number of halogens is 2. The van der Waals surface area contributed by atoms with Crippen LogP contribution in [0.4, 0.5) is 38.9 Å². The SMILES string of the molecule is COc1cc(N2CCC(N3CCC(CN4CCC(c5cc(F)cc(NC6CCC(=O)NC6=O)c5)CC4)CC3)CC2)c(-c2cnn(C)c2)cc1Nc1ncc(Cl)c(Nc2ccc(-c3ccccc3)cc2P(C)(C)=O)n1. The van der Waals surface area contributed by atoms with Crippen molar-refractivity contribution < 1.29 is 23.3 Å². The van der Waals surface area contributed by atoms with Gasteiger partial charge in [0.15, 0.2) is 5.82 Å². The van der Waals surface area contributed by atoms with Gasteiger partial charge in [-0.25, -0.2) is 9.37 Å². The largest absolute Gasteiger partial charge is 0.494 e. The lowest BCUT2D eigenvalue weighted by atomic mass is 9.87. The van der Waals surface area contributed by atoms with Gasteiger partial charge in [0.05, 0.1) is 30.9 Å². The van der Waals surface area contributed by atoms with Gasteiger partial charge < -0.3 is 40.0 Å². The van der Waals surface area contributed by atoms with E-state index in [0.29, 0.717) is 63.3 Å². The smallest absolute Gasteiger partial charge is 0.249 e. The molecule has 15 nitrogen and oxygen atoms in total. The minimum Gasteiger partial charge on any atom is -0.494 e. The maximum atomic E-state index is 14.8. The van der Waals surface area contributed by atoms with E-state index in [0.717, 1.165) is 105 Å². The molecule has 6 aromatic rings. The number of imide groups is 1. The molecule has 4 fully saturated rings. The summed E-state index contributed by atoms with van der Waals surface area (Å²) >= 11 is 6.72. The Labute approximate surface area is 438 Å². The van der Waals surface area contributed by atoms with Gasteiger partial charge in [-0.2, -0.15) is 10.1 Å². The molecule has 6 heterocycles. The molecule has 2 amide bonds. The lowest BCUT2D eigenvalue weighted by Gasteiger charge is -2.43. The number of aromatic nitrogens is 4. The topological polar surface area (TPSA) is 162 Å². The molecule has 388 valence electrons. The molecule has 2 aromatic heterocycles. The van der Waals surface area contributed by atoms with Crippen LogP contribution in [0.1, 0.15) is 62.8 Å². The number of likely N-dealkylation sites (tertiary alicyclic amines) is 2. The lowest BCUT2D eigenvalue weighted by molar-refractivity contribution is -0.133. The molecular formula is C56H66ClFN11O4P. The molecule has 1 unspecified atom stereocenters. The summed E-state index contributed by atoms with van der Waals surface area (Å²) in [7, 11) is 0.863. The van der Waals surface area contributed by atoms with E-state index in [2.05, 4.69) is 58.2 Å². The number of nitrogens with one attached hydrogen (secondary N) is 4. The number of nitrogens with zero attached hydrogens (tertiary/aromatic N) is 7. The van der Waals surface area contributed by atoms with Gasteiger partial charge >= 0.3 is 0 Å². The molecule has 4 aromatic carbocycles. The van der Waals surface area contributed by atoms with Crippen molar-refractivity contribution in [1.29, 1.82) is 0 Å². The first-order valence-corrected chi connectivity index (χ1v) is 28.9. The average Bonchev–Trinajstić information content (AvgIpc) is 3.84. The minimum atomic E-state index is -2.73. The van der Waals surface area contributed by atoms with E-state index in [1.54, 1.807) is 32.7 Å². The number of hydrogen-bond acceptors (Lipinski definition) is 13. The van der Waals surface area contributed by atoms with Crippen LogP contribution in [0.5, 0.6) is 5.75 Å². The number of benzene rings is 4. The third-order valence-corrected chi connectivity index (χ3v) is 17.1. The predicted molar refractivity (Wildman–Crippen MR) is 294 cm³/mol. The van der Waals surface area contributed by atoms with Gasteiger partial charge in [-0.3, -0.25) is 19.6 Å². The molecule has 0 spiro atoms. The number of piperidine rings is 4. The van der Waals surface area contributed by atoms with Crippen LogP contribution in [-0.4, -0.2) is 120 Å². The number of methoxy groups -OCH3 is 1. The number of aryl methyl sites for hydroxylation is 1. The van der Waals surface area contributed by atoms with E-state index in [1.165, 1.54) is 18.9 Å². The number of ether oxygens (including phenoxy) is 1. The van der Waals surface area contributed by atoms with Crippen LogP contribution in [-0.2, 0) is 21.2 Å². The monoisotopic (exact) mass is 1040 g/mol. The highest BCUT2D eigenvalue weighted by Crippen LogP contribution is 2.43. The van der Waals surface area contributed by atoms with Gasteiger partial charge in [-0.05, 0) is 149 Å². The zero-order valence-electron chi connectivity index (χ0n) is 42.6. The first kappa shape index (κ1) is 51.2. The summed E-state index contributed by atoms with van der Waals surface area (Å²) in [5.41, 5.74) is 8.00. The molecule has 10 rings (SSSR count). The Bertz CT molecular complexity index is 3040. The van der Waals surface area contributed by atoms with Gasteiger partial charge in [0.25, 0.3) is 0 Å². The van der Waals surface area contributed by atoms with Gasteiger partial charge in [-0.15, -0.1) is 0 Å². The Balaban J connectivity index is 0.752. The summed E-state index contributed by atoms with van der Waals surface area (Å²) in [5.74, 6) is 1.32. The highest BCUT2D eigenvalue weighted by molar-refractivity contribution is 7.70. The fourth-order valence-electron chi connectivity index (χ4n) is 11.3. The number of rotatable bonds is 15. The third kappa shape index (κ3) is 11.9. The van der Waals surface area contributed by atoms with Crippen LogP contribution in [0.3, 0.4) is 0 Å². The number of anilines is 6. The maximum absolute atomic E-state index is 14.8. The molecule has 1 atom stereocenters. The first-order valence-electron chi connectivity index (χ1n) is 25.9. The van der Waals surface area contributed by atoms with Gasteiger partial charge in [0.1, 0.15) is 29.8 Å². The van der Waals surface area contributed by atoms with Crippen molar-refractivity contribution in [3.8, 4) is 28.0 Å². The lowest BCUT2D eigenvalue weighted by Crippen LogP contribution is -2.49. The van der Waals surface area contributed by atoms with Crippen LogP contribution >= 0.6 is 18.7 Å². The number of carbonyl (C=O) groups excluding carboxylic acids is 2. The molecule has 4 aliphatic rings. The molecule has 4 N–H and O–H groups in total. The van der Waals surface area contributed by atoms with Crippen LogP contribution in [0.2, 0.25) is 5.02 Å². The van der Waals surface area contributed by atoms with Crippen molar-refractivity contribution in [2.75, 3.05) is 87.1 Å². The number of amides is 2. The summed E-state index contributed by atoms with van der Waals surface area (Å²) in [6.45, 7) is 10.6. The fourth-order valence-corrected chi connectivity index (χ4v) is 12.6. The molecule has 74 heavy (non-hydrogen) atoms. The van der Waals surface area contributed by atoms with Gasteiger partial charge in [0.2, 0.25) is 17.8 Å². The normalized spacial score (nSPS) is 18.8. The van der Waals surface area contributed by atoms with Crippen molar-refractivity contribution in [2.24, 2.45) is 13.0 Å². The minimum absolute atomic E-state index is 0.264. The van der Waals surface area contributed by atoms with E-state index in [-0.39, 0.29) is 30.0 Å². The Morgan fingerprint density at radius 2 is 1.59 bits per heavy atom.